The molecule has 1 heterocycles. The number of nitrogens with zero attached hydrogens (tertiary/aromatic N) is 3. The fraction of sp³-hybridized carbons (Fsp3) is 0.450. The third kappa shape index (κ3) is 5.48. The summed E-state index contributed by atoms with van der Waals surface area (Å²) in [5.41, 5.74) is 1.77. The van der Waals surface area contributed by atoms with Crippen LogP contribution in [0.2, 0.25) is 0 Å². The standard InChI is InChI=1S/C20H26N4O3/c1-4-27-20(26)24-11-9-23(10-12-24)14-16(13-21)19(25)22-18-8-6-5-7-17(18)15(2)3/h5-8,14-15H,4,9-12H2,1-3H3,(H,22,25)/b16-14-. The van der Waals surface area contributed by atoms with Gasteiger partial charge in [0.05, 0.1) is 6.61 Å². The van der Waals surface area contributed by atoms with Crippen molar-refractivity contribution in [1.29, 1.82) is 5.26 Å². The van der Waals surface area contributed by atoms with Crippen LogP contribution in [0.25, 0.3) is 0 Å². The van der Waals surface area contributed by atoms with E-state index in [-0.39, 0.29) is 17.6 Å². The van der Waals surface area contributed by atoms with Gasteiger partial charge in [0.2, 0.25) is 0 Å². The lowest BCUT2D eigenvalue weighted by molar-refractivity contribution is -0.112. The molecule has 1 aliphatic rings. The maximum Gasteiger partial charge on any atom is 0.409 e. The summed E-state index contributed by atoms with van der Waals surface area (Å²) in [6, 6.07) is 9.55. The topological polar surface area (TPSA) is 85.7 Å². The van der Waals surface area contributed by atoms with E-state index < -0.39 is 5.91 Å². The van der Waals surface area contributed by atoms with Crippen LogP contribution >= 0.6 is 0 Å². The highest BCUT2D eigenvalue weighted by Crippen LogP contribution is 2.24. The summed E-state index contributed by atoms with van der Waals surface area (Å²) < 4.78 is 4.99. The number of nitrogens with one attached hydrogen (secondary N) is 1. The first kappa shape index (κ1) is 20.3. The van der Waals surface area contributed by atoms with Crippen LogP contribution in [0.3, 0.4) is 0 Å². The highest BCUT2D eigenvalue weighted by atomic mass is 16.6. The third-order valence-electron chi connectivity index (χ3n) is 4.35. The molecule has 0 radical (unpaired) electrons. The van der Waals surface area contributed by atoms with Gasteiger partial charge in [-0.15, -0.1) is 0 Å². The van der Waals surface area contributed by atoms with Crippen molar-refractivity contribution in [1.82, 2.24) is 9.80 Å². The number of piperazine rings is 1. The quantitative estimate of drug-likeness (QED) is 0.636. The van der Waals surface area contributed by atoms with Gasteiger partial charge in [0, 0.05) is 38.1 Å². The van der Waals surface area contributed by atoms with E-state index in [0.717, 1.165) is 5.56 Å². The lowest BCUT2D eigenvalue weighted by atomic mass is 10.0. The second-order valence-corrected chi connectivity index (χ2v) is 6.57. The molecule has 7 nitrogen and oxygen atoms in total. The maximum absolute atomic E-state index is 12.5. The first-order chi connectivity index (χ1) is 13.0. The zero-order chi connectivity index (χ0) is 19.8. The Morgan fingerprint density at radius 3 is 2.52 bits per heavy atom. The van der Waals surface area contributed by atoms with Gasteiger partial charge in [0.15, 0.2) is 0 Å². The minimum Gasteiger partial charge on any atom is -0.450 e. The summed E-state index contributed by atoms with van der Waals surface area (Å²) in [6.45, 7) is 8.28. The molecule has 2 rings (SSSR count). The number of hydrogen-bond acceptors (Lipinski definition) is 5. The van der Waals surface area contributed by atoms with Gasteiger partial charge >= 0.3 is 6.09 Å². The molecule has 1 N–H and O–H groups in total. The molecule has 0 aromatic heterocycles. The molecule has 0 saturated carbocycles. The molecule has 0 unspecified atom stereocenters. The fourth-order valence-corrected chi connectivity index (χ4v) is 2.87. The molecular weight excluding hydrogens is 344 g/mol. The van der Waals surface area contributed by atoms with Crippen molar-refractivity contribution >= 4 is 17.7 Å². The predicted octanol–water partition coefficient (Wildman–Crippen LogP) is 2.93. The minimum absolute atomic E-state index is 0.0399. The summed E-state index contributed by atoms with van der Waals surface area (Å²) in [5.74, 6) is -0.176. The molecule has 0 aliphatic carbocycles. The van der Waals surface area contributed by atoms with Crippen LogP contribution in [0.5, 0.6) is 0 Å². The number of amides is 2. The van der Waals surface area contributed by atoms with Gasteiger partial charge in [-0.25, -0.2) is 4.79 Å². The number of ether oxygens (including phenoxy) is 1. The Kier molecular flexibility index (Phi) is 7.24. The zero-order valence-corrected chi connectivity index (χ0v) is 16.1. The summed E-state index contributed by atoms with van der Waals surface area (Å²) in [5, 5.41) is 12.2. The van der Waals surface area contributed by atoms with Crippen LogP contribution < -0.4 is 5.32 Å². The second-order valence-electron chi connectivity index (χ2n) is 6.57. The molecule has 0 spiro atoms. The fourth-order valence-electron chi connectivity index (χ4n) is 2.87. The molecule has 0 bridgehead atoms. The predicted molar refractivity (Wildman–Crippen MR) is 103 cm³/mol. The van der Waals surface area contributed by atoms with Gasteiger partial charge in [-0.3, -0.25) is 4.79 Å². The average molecular weight is 370 g/mol. The number of carbonyl (C=O) groups is 2. The summed E-state index contributed by atoms with van der Waals surface area (Å²) in [4.78, 5) is 27.8. The Labute approximate surface area is 160 Å². The SMILES string of the molecule is CCOC(=O)N1CCN(/C=C(/C#N)C(=O)Nc2ccccc2C(C)C)CC1. The molecule has 27 heavy (non-hydrogen) atoms. The van der Waals surface area contributed by atoms with E-state index in [1.54, 1.807) is 18.0 Å². The smallest absolute Gasteiger partial charge is 0.409 e. The molecule has 1 saturated heterocycles. The number of anilines is 1. The van der Waals surface area contributed by atoms with Gasteiger partial charge in [0.25, 0.3) is 5.91 Å². The molecule has 1 fully saturated rings. The Morgan fingerprint density at radius 2 is 1.93 bits per heavy atom. The summed E-state index contributed by atoms with van der Waals surface area (Å²) in [7, 11) is 0. The highest BCUT2D eigenvalue weighted by Gasteiger charge is 2.22. The highest BCUT2D eigenvalue weighted by molar-refractivity contribution is 6.06. The van der Waals surface area contributed by atoms with Crippen LogP contribution in [0.15, 0.2) is 36.0 Å². The van der Waals surface area contributed by atoms with E-state index in [9.17, 15) is 14.9 Å². The molecule has 1 aromatic rings. The first-order valence-corrected chi connectivity index (χ1v) is 9.14. The van der Waals surface area contributed by atoms with Crippen molar-refractivity contribution in [3.05, 3.63) is 41.6 Å². The number of hydrogen-bond donors (Lipinski definition) is 1. The largest absolute Gasteiger partial charge is 0.450 e. The normalized spacial score (nSPS) is 14.7. The van der Waals surface area contributed by atoms with Crippen LogP contribution in [0.4, 0.5) is 10.5 Å². The van der Waals surface area contributed by atoms with E-state index in [1.807, 2.05) is 35.2 Å². The molecule has 144 valence electrons. The average Bonchev–Trinajstić information content (AvgIpc) is 2.67. The van der Waals surface area contributed by atoms with E-state index in [4.69, 9.17) is 4.74 Å². The summed E-state index contributed by atoms with van der Waals surface area (Å²) in [6.07, 6.45) is 1.24. The van der Waals surface area contributed by atoms with Crippen molar-refractivity contribution in [2.75, 3.05) is 38.1 Å². The Bertz CT molecular complexity index is 744. The molecular formula is C20H26N4O3. The Morgan fingerprint density at radius 1 is 1.26 bits per heavy atom. The van der Waals surface area contributed by atoms with Crippen molar-refractivity contribution < 1.29 is 14.3 Å². The molecule has 0 atom stereocenters. The van der Waals surface area contributed by atoms with Crippen molar-refractivity contribution in [2.45, 2.75) is 26.7 Å². The van der Waals surface area contributed by atoms with Gasteiger partial charge < -0.3 is 19.9 Å². The molecule has 7 heteroatoms. The number of nitriles is 1. The van der Waals surface area contributed by atoms with Crippen LogP contribution in [0, 0.1) is 11.3 Å². The third-order valence-corrected chi connectivity index (χ3v) is 4.35. The molecule has 1 aliphatic heterocycles. The zero-order valence-electron chi connectivity index (χ0n) is 16.1. The minimum atomic E-state index is -0.432. The second kappa shape index (κ2) is 9.62. The van der Waals surface area contributed by atoms with E-state index in [0.29, 0.717) is 38.5 Å². The lowest BCUT2D eigenvalue weighted by Crippen LogP contribution is -2.47. The van der Waals surface area contributed by atoms with Gasteiger partial charge in [0.1, 0.15) is 11.6 Å². The summed E-state index contributed by atoms with van der Waals surface area (Å²) >= 11 is 0. The number of carbonyl (C=O) groups excluding carboxylic acids is 2. The van der Waals surface area contributed by atoms with Gasteiger partial charge in [-0.1, -0.05) is 32.0 Å². The number of benzene rings is 1. The number of para-hydroxylation sites is 1. The van der Waals surface area contributed by atoms with Crippen LogP contribution in [0.1, 0.15) is 32.3 Å². The molecule has 2 amide bonds. The van der Waals surface area contributed by atoms with E-state index in [1.165, 1.54) is 0 Å². The first-order valence-electron chi connectivity index (χ1n) is 9.14. The monoisotopic (exact) mass is 370 g/mol. The lowest BCUT2D eigenvalue weighted by Gasteiger charge is -2.33. The maximum atomic E-state index is 12.5. The van der Waals surface area contributed by atoms with Crippen molar-refractivity contribution in [3.63, 3.8) is 0 Å². The molecule has 1 aromatic carbocycles. The van der Waals surface area contributed by atoms with E-state index >= 15 is 0 Å². The van der Waals surface area contributed by atoms with Gasteiger partial charge in [-0.05, 0) is 24.5 Å². The van der Waals surface area contributed by atoms with Gasteiger partial charge in [-0.2, -0.15) is 5.26 Å². The van der Waals surface area contributed by atoms with Crippen LogP contribution in [-0.4, -0.2) is 54.6 Å². The van der Waals surface area contributed by atoms with Crippen molar-refractivity contribution in [3.8, 4) is 6.07 Å². The van der Waals surface area contributed by atoms with Crippen LogP contribution in [-0.2, 0) is 9.53 Å². The Hall–Kier alpha value is -3.01. The Balaban J connectivity index is 2.02. The van der Waals surface area contributed by atoms with Crippen molar-refractivity contribution in [2.24, 2.45) is 0 Å². The van der Waals surface area contributed by atoms with E-state index in [2.05, 4.69) is 19.2 Å². The number of rotatable bonds is 5.